The SMILES string of the molecule is CCCCNC1CN(Cc2ccc(Oc3ccc(NS(C)(=O)=O)cc3)cc2)CC1c1cccc(F)c1. The first-order valence-electron chi connectivity index (χ1n) is 12.3. The van der Waals surface area contributed by atoms with Crippen molar-refractivity contribution in [3.63, 3.8) is 0 Å². The van der Waals surface area contributed by atoms with Crippen molar-refractivity contribution in [3.05, 3.63) is 89.7 Å². The van der Waals surface area contributed by atoms with E-state index in [0.29, 0.717) is 23.2 Å². The second kappa shape index (κ2) is 11.9. The summed E-state index contributed by atoms with van der Waals surface area (Å²) in [5.74, 6) is 1.40. The van der Waals surface area contributed by atoms with Gasteiger partial charge in [-0.25, -0.2) is 12.8 Å². The maximum atomic E-state index is 13.9. The van der Waals surface area contributed by atoms with E-state index in [4.69, 9.17) is 4.74 Å². The van der Waals surface area contributed by atoms with Crippen molar-refractivity contribution in [3.8, 4) is 11.5 Å². The van der Waals surface area contributed by atoms with Crippen molar-refractivity contribution in [2.24, 2.45) is 0 Å². The minimum absolute atomic E-state index is 0.185. The van der Waals surface area contributed by atoms with Crippen LogP contribution in [0.1, 0.15) is 36.8 Å². The maximum absolute atomic E-state index is 13.9. The molecule has 3 aromatic carbocycles. The highest BCUT2D eigenvalue weighted by molar-refractivity contribution is 7.92. The van der Waals surface area contributed by atoms with Gasteiger partial charge < -0.3 is 10.1 Å². The summed E-state index contributed by atoms with van der Waals surface area (Å²) in [6, 6.07) is 22.1. The highest BCUT2D eigenvalue weighted by atomic mass is 32.2. The quantitative estimate of drug-likeness (QED) is 0.340. The van der Waals surface area contributed by atoms with Gasteiger partial charge in [-0.15, -0.1) is 0 Å². The largest absolute Gasteiger partial charge is 0.457 e. The Bertz CT molecular complexity index is 1230. The standard InChI is InChI=1S/C28H34FN3O3S/c1-3-4-16-30-28-20-32(19-27(28)22-6-5-7-23(29)17-22)18-21-8-12-25(13-9-21)35-26-14-10-24(11-15-26)31-36(2,33)34/h5-15,17,27-28,30-31H,3-4,16,18-20H2,1-2H3. The summed E-state index contributed by atoms with van der Waals surface area (Å²) >= 11 is 0. The monoisotopic (exact) mass is 511 g/mol. The van der Waals surface area contributed by atoms with E-state index in [2.05, 4.69) is 34.0 Å². The molecule has 8 heteroatoms. The van der Waals surface area contributed by atoms with E-state index in [-0.39, 0.29) is 11.7 Å². The van der Waals surface area contributed by atoms with Crippen molar-refractivity contribution in [1.82, 2.24) is 10.2 Å². The molecule has 1 heterocycles. The van der Waals surface area contributed by atoms with Crippen LogP contribution in [-0.4, -0.2) is 45.2 Å². The summed E-state index contributed by atoms with van der Waals surface area (Å²) in [6.07, 6.45) is 3.39. The maximum Gasteiger partial charge on any atom is 0.229 e. The lowest BCUT2D eigenvalue weighted by molar-refractivity contribution is 0.318. The molecular formula is C28H34FN3O3S. The van der Waals surface area contributed by atoms with Crippen LogP contribution in [0.5, 0.6) is 11.5 Å². The van der Waals surface area contributed by atoms with Crippen molar-refractivity contribution >= 4 is 15.7 Å². The third-order valence-corrected chi connectivity index (χ3v) is 6.94. The molecule has 36 heavy (non-hydrogen) atoms. The Kier molecular flexibility index (Phi) is 8.61. The first kappa shape index (κ1) is 26.1. The average Bonchev–Trinajstić information content (AvgIpc) is 3.23. The summed E-state index contributed by atoms with van der Waals surface area (Å²) in [5.41, 5.74) is 2.72. The number of nitrogens with one attached hydrogen (secondary N) is 2. The summed E-state index contributed by atoms with van der Waals surface area (Å²) < 4.78 is 44.9. The van der Waals surface area contributed by atoms with E-state index < -0.39 is 10.0 Å². The number of anilines is 1. The van der Waals surface area contributed by atoms with Gasteiger partial charge in [0.15, 0.2) is 0 Å². The van der Waals surface area contributed by atoms with Gasteiger partial charge in [-0.05, 0) is 72.6 Å². The van der Waals surface area contributed by atoms with Gasteiger partial charge in [0.05, 0.1) is 6.26 Å². The number of hydrogen-bond acceptors (Lipinski definition) is 5. The fourth-order valence-corrected chi connectivity index (χ4v) is 5.19. The second-order valence-electron chi connectivity index (χ2n) is 9.41. The van der Waals surface area contributed by atoms with E-state index in [1.807, 2.05) is 18.2 Å². The van der Waals surface area contributed by atoms with Crippen molar-refractivity contribution in [2.75, 3.05) is 30.6 Å². The normalized spacial score (nSPS) is 18.3. The van der Waals surface area contributed by atoms with Gasteiger partial charge in [0, 0.05) is 37.3 Å². The molecule has 0 aliphatic carbocycles. The van der Waals surface area contributed by atoms with E-state index in [1.54, 1.807) is 36.4 Å². The molecule has 0 spiro atoms. The molecule has 0 bridgehead atoms. The summed E-state index contributed by atoms with van der Waals surface area (Å²) in [7, 11) is -3.31. The molecule has 0 aromatic heterocycles. The first-order valence-corrected chi connectivity index (χ1v) is 14.2. The number of hydrogen-bond donors (Lipinski definition) is 2. The zero-order valence-electron chi connectivity index (χ0n) is 20.8. The third kappa shape index (κ3) is 7.53. The molecule has 2 unspecified atom stereocenters. The summed E-state index contributed by atoms with van der Waals surface area (Å²) in [4.78, 5) is 2.42. The Morgan fingerprint density at radius 2 is 1.69 bits per heavy atom. The number of rotatable bonds is 11. The second-order valence-corrected chi connectivity index (χ2v) is 11.2. The highest BCUT2D eigenvalue weighted by Crippen LogP contribution is 2.30. The number of halogens is 1. The number of unbranched alkanes of at least 4 members (excludes halogenated alkanes) is 1. The van der Waals surface area contributed by atoms with Gasteiger partial charge in [-0.1, -0.05) is 37.6 Å². The number of benzene rings is 3. The van der Waals surface area contributed by atoms with Crippen LogP contribution < -0.4 is 14.8 Å². The molecule has 2 N–H and O–H groups in total. The van der Waals surface area contributed by atoms with Gasteiger partial charge in [0.25, 0.3) is 0 Å². The van der Waals surface area contributed by atoms with Crippen LogP contribution in [0, 0.1) is 5.82 Å². The zero-order valence-corrected chi connectivity index (χ0v) is 21.6. The molecular weight excluding hydrogens is 477 g/mol. The number of ether oxygens (including phenoxy) is 1. The smallest absolute Gasteiger partial charge is 0.229 e. The Balaban J connectivity index is 1.37. The Morgan fingerprint density at radius 1 is 1.00 bits per heavy atom. The molecule has 0 amide bonds. The van der Waals surface area contributed by atoms with Crippen molar-refractivity contribution in [1.29, 1.82) is 0 Å². The van der Waals surface area contributed by atoms with Crippen LogP contribution in [0.4, 0.5) is 10.1 Å². The number of sulfonamides is 1. The van der Waals surface area contributed by atoms with E-state index >= 15 is 0 Å². The predicted octanol–water partition coefficient (Wildman–Crippen LogP) is 5.35. The molecule has 0 radical (unpaired) electrons. The van der Waals surface area contributed by atoms with Crippen LogP contribution in [-0.2, 0) is 16.6 Å². The lowest BCUT2D eigenvalue weighted by atomic mass is 9.94. The van der Waals surface area contributed by atoms with Gasteiger partial charge >= 0.3 is 0 Å². The van der Waals surface area contributed by atoms with E-state index in [0.717, 1.165) is 50.8 Å². The van der Waals surface area contributed by atoms with Crippen LogP contribution in [0.3, 0.4) is 0 Å². The summed E-state index contributed by atoms with van der Waals surface area (Å²) in [5, 5.41) is 3.70. The fraction of sp³-hybridized carbons (Fsp3) is 0.357. The first-order chi connectivity index (χ1) is 17.3. The Morgan fingerprint density at radius 3 is 2.33 bits per heavy atom. The van der Waals surface area contributed by atoms with Crippen LogP contribution >= 0.6 is 0 Å². The highest BCUT2D eigenvalue weighted by Gasteiger charge is 2.33. The lowest BCUT2D eigenvalue weighted by Crippen LogP contribution is -2.36. The van der Waals surface area contributed by atoms with Gasteiger partial charge in [-0.2, -0.15) is 0 Å². The topological polar surface area (TPSA) is 70.7 Å². The molecule has 1 aliphatic heterocycles. The molecule has 6 nitrogen and oxygen atoms in total. The Hall–Kier alpha value is -2.94. The molecule has 4 rings (SSSR count). The van der Waals surface area contributed by atoms with Crippen LogP contribution in [0.2, 0.25) is 0 Å². The number of likely N-dealkylation sites (tertiary alicyclic amines) is 1. The number of nitrogens with zero attached hydrogens (tertiary/aromatic N) is 1. The molecule has 192 valence electrons. The molecule has 1 aliphatic rings. The van der Waals surface area contributed by atoms with Crippen LogP contribution in [0.15, 0.2) is 72.8 Å². The average molecular weight is 512 g/mol. The van der Waals surface area contributed by atoms with Gasteiger partial charge in [-0.3, -0.25) is 9.62 Å². The zero-order chi connectivity index (χ0) is 25.5. The summed E-state index contributed by atoms with van der Waals surface area (Å²) in [6.45, 7) is 5.75. The minimum atomic E-state index is -3.31. The van der Waals surface area contributed by atoms with E-state index in [9.17, 15) is 12.8 Å². The predicted molar refractivity (Wildman–Crippen MR) is 143 cm³/mol. The van der Waals surface area contributed by atoms with Crippen LogP contribution in [0.25, 0.3) is 0 Å². The van der Waals surface area contributed by atoms with Crippen molar-refractivity contribution in [2.45, 2.75) is 38.3 Å². The Labute approximate surface area is 213 Å². The van der Waals surface area contributed by atoms with Crippen molar-refractivity contribution < 1.29 is 17.5 Å². The van der Waals surface area contributed by atoms with Gasteiger partial charge in [0.2, 0.25) is 10.0 Å². The third-order valence-electron chi connectivity index (χ3n) is 6.33. The minimum Gasteiger partial charge on any atom is -0.457 e. The lowest BCUT2D eigenvalue weighted by Gasteiger charge is -2.20. The van der Waals surface area contributed by atoms with E-state index in [1.165, 1.54) is 11.6 Å². The fourth-order valence-electron chi connectivity index (χ4n) is 4.62. The molecule has 0 saturated carbocycles. The van der Waals surface area contributed by atoms with Gasteiger partial charge in [0.1, 0.15) is 17.3 Å². The molecule has 2 atom stereocenters. The molecule has 1 fully saturated rings. The molecule has 3 aromatic rings. The molecule has 1 saturated heterocycles.